The largest absolute Gasteiger partial charge is 0.471 e. The second-order valence-electron chi connectivity index (χ2n) is 6.13. The van der Waals surface area contributed by atoms with Gasteiger partial charge < -0.3 is 16.0 Å². The number of rotatable bonds is 6. The van der Waals surface area contributed by atoms with Gasteiger partial charge in [-0.15, -0.1) is 12.4 Å². The van der Waals surface area contributed by atoms with Gasteiger partial charge in [0.15, 0.2) is 0 Å². The number of alkyl halides is 3. The number of amides is 2. The maximum atomic E-state index is 12.5. The lowest BCUT2D eigenvalue weighted by Crippen LogP contribution is -2.37. The molecule has 152 valence electrons. The molecule has 1 atom stereocenters. The molecule has 28 heavy (non-hydrogen) atoms. The molecule has 1 unspecified atom stereocenters. The number of benzene rings is 2. The quantitative estimate of drug-likeness (QED) is 0.756. The third kappa shape index (κ3) is 6.86. The lowest BCUT2D eigenvalue weighted by molar-refractivity contribution is -0.184. The number of nitrogens with two attached hydrogens (primary N) is 1. The number of nitrogens with zero attached hydrogens (tertiary/aromatic N) is 1. The fraction of sp³-hybridized carbons (Fsp3) is 0.263. The molecule has 2 aromatic rings. The average Bonchev–Trinajstić information content (AvgIpc) is 2.61. The first kappa shape index (κ1) is 23.5. The van der Waals surface area contributed by atoms with Gasteiger partial charge in [0.2, 0.25) is 5.91 Å². The molecule has 0 fully saturated rings. The van der Waals surface area contributed by atoms with Gasteiger partial charge >= 0.3 is 12.1 Å². The van der Waals surface area contributed by atoms with Gasteiger partial charge in [-0.3, -0.25) is 9.59 Å². The van der Waals surface area contributed by atoms with E-state index in [9.17, 15) is 22.8 Å². The lowest BCUT2D eigenvalue weighted by atomic mass is 10.0. The Labute approximate surface area is 167 Å². The van der Waals surface area contributed by atoms with Crippen molar-refractivity contribution >= 4 is 29.9 Å². The van der Waals surface area contributed by atoms with Crippen LogP contribution in [0.25, 0.3) is 0 Å². The van der Waals surface area contributed by atoms with Gasteiger partial charge in [-0.05, 0) is 23.3 Å². The number of carbonyl (C=O) groups is 2. The van der Waals surface area contributed by atoms with E-state index in [-0.39, 0.29) is 31.3 Å². The number of halogens is 4. The van der Waals surface area contributed by atoms with E-state index in [0.717, 1.165) is 12.6 Å². The summed E-state index contributed by atoms with van der Waals surface area (Å²) in [4.78, 5) is 23.9. The Morgan fingerprint density at radius 1 is 1.11 bits per heavy atom. The highest BCUT2D eigenvalue weighted by Crippen LogP contribution is 2.20. The molecule has 0 radical (unpaired) electrons. The predicted octanol–water partition coefficient (Wildman–Crippen LogP) is 3.66. The SMILES string of the molecule is CN(Cc1cccc(NC(=O)CC(N)c2ccccc2)c1)C(=O)C(F)(F)F.Cl. The van der Waals surface area contributed by atoms with Crippen LogP contribution in [0.1, 0.15) is 23.6 Å². The molecular formula is C19H21ClF3N3O2. The Kier molecular flexibility index (Phi) is 8.46. The van der Waals surface area contributed by atoms with Crippen molar-refractivity contribution in [1.29, 1.82) is 0 Å². The number of hydrogen-bond acceptors (Lipinski definition) is 3. The van der Waals surface area contributed by atoms with E-state index in [2.05, 4.69) is 5.32 Å². The van der Waals surface area contributed by atoms with Gasteiger partial charge in [0.1, 0.15) is 0 Å². The van der Waals surface area contributed by atoms with Crippen molar-refractivity contribution in [2.75, 3.05) is 12.4 Å². The second-order valence-corrected chi connectivity index (χ2v) is 6.13. The predicted molar refractivity (Wildman–Crippen MR) is 103 cm³/mol. The Hall–Kier alpha value is -2.58. The molecule has 0 saturated heterocycles. The third-order valence-corrected chi connectivity index (χ3v) is 3.85. The zero-order chi connectivity index (χ0) is 20.0. The number of anilines is 1. The summed E-state index contributed by atoms with van der Waals surface area (Å²) in [6, 6.07) is 15.0. The molecule has 9 heteroatoms. The van der Waals surface area contributed by atoms with Crippen molar-refractivity contribution in [3.05, 3.63) is 65.7 Å². The number of hydrogen-bond donors (Lipinski definition) is 2. The third-order valence-electron chi connectivity index (χ3n) is 3.85. The van der Waals surface area contributed by atoms with E-state index in [1.54, 1.807) is 18.2 Å². The van der Waals surface area contributed by atoms with E-state index in [1.165, 1.54) is 6.07 Å². The van der Waals surface area contributed by atoms with Gasteiger partial charge in [-0.1, -0.05) is 42.5 Å². The van der Waals surface area contributed by atoms with Crippen LogP contribution < -0.4 is 11.1 Å². The van der Waals surface area contributed by atoms with Crippen molar-refractivity contribution in [3.63, 3.8) is 0 Å². The van der Waals surface area contributed by atoms with Crippen LogP contribution in [-0.4, -0.2) is 29.9 Å². The van der Waals surface area contributed by atoms with E-state index >= 15 is 0 Å². The monoisotopic (exact) mass is 415 g/mol. The summed E-state index contributed by atoms with van der Waals surface area (Å²) in [5.41, 5.74) is 7.72. The minimum absolute atomic E-state index is 0. The first-order valence-corrected chi connectivity index (χ1v) is 8.18. The average molecular weight is 416 g/mol. The molecule has 0 aliphatic carbocycles. The zero-order valence-electron chi connectivity index (χ0n) is 15.1. The highest BCUT2D eigenvalue weighted by Gasteiger charge is 2.41. The normalized spacial score (nSPS) is 11.9. The van der Waals surface area contributed by atoms with Gasteiger partial charge in [-0.2, -0.15) is 13.2 Å². The summed E-state index contributed by atoms with van der Waals surface area (Å²) >= 11 is 0. The van der Waals surface area contributed by atoms with Crippen LogP contribution in [-0.2, 0) is 16.1 Å². The summed E-state index contributed by atoms with van der Waals surface area (Å²) in [6.45, 7) is -0.231. The number of carbonyl (C=O) groups excluding carboxylic acids is 2. The first-order chi connectivity index (χ1) is 12.7. The van der Waals surface area contributed by atoms with Crippen molar-refractivity contribution in [2.24, 2.45) is 5.73 Å². The van der Waals surface area contributed by atoms with Gasteiger partial charge in [0.05, 0.1) is 0 Å². The van der Waals surface area contributed by atoms with Crippen LogP contribution in [0.5, 0.6) is 0 Å². The molecule has 0 saturated carbocycles. The van der Waals surface area contributed by atoms with Crippen LogP contribution in [0.15, 0.2) is 54.6 Å². The number of nitrogens with one attached hydrogen (secondary N) is 1. The van der Waals surface area contributed by atoms with Crippen LogP contribution in [0.3, 0.4) is 0 Å². The van der Waals surface area contributed by atoms with Crippen molar-refractivity contribution in [3.8, 4) is 0 Å². The van der Waals surface area contributed by atoms with E-state index in [0.29, 0.717) is 16.2 Å². The molecule has 0 spiro atoms. The van der Waals surface area contributed by atoms with Crippen molar-refractivity contribution in [1.82, 2.24) is 4.90 Å². The molecule has 2 aromatic carbocycles. The van der Waals surface area contributed by atoms with Gasteiger partial charge in [0, 0.05) is 31.7 Å². The highest BCUT2D eigenvalue weighted by molar-refractivity contribution is 5.91. The molecule has 0 heterocycles. The fourth-order valence-corrected chi connectivity index (χ4v) is 2.54. The summed E-state index contributed by atoms with van der Waals surface area (Å²) in [5.74, 6) is -2.24. The van der Waals surface area contributed by atoms with E-state index < -0.39 is 18.1 Å². The summed E-state index contributed by atoms with van der Waals surface area (Å²) < 4.78 is 37.4. The van der Waals surface area contributed by atoms with Crippen molar-refractivity contribution in [2.45, 2.75) is 25.2 Å². The van der Waals surface area contributed by atoms with Gasteiger partial charge in [0.25, 0.3) is 0 Å². The highest BCUT2D eigenvalue weighted by atomic mass is 35.5. The molecular weight excluding hydrogens is 395 g/mol. The Morgan fingerprint density at radius 3 is 2.36 bits per heavy atom. The zero-order valence-corrected chi connectivity index (χ0v) is 15.9. The van der Waals surface area contributed by atoms with E-state index in [4.69, 9.17) is 5.73 Å². The topological polar surface area (TPSA) is 75.4 Å². The Balaban J connectivity index is 0.00000392. The Bertz CT molecular complexity index is 801. The maximum Gasteiger partial charge on any atom is 0.471 e. The van der Waals surface area contributed by atoms with Crippen LogP contribution in [0, 0.1) is 0 Å². The smallest absolute Gasteiger partial charge is 0.334 e. The van der Waals surface area contributed by atoms with E-state index in [1.807, 2.05) is 30.3 Å². The molecule has 3 N–H and O–H groups in total. The van der Waals surface area contributed by atoms with Gasteiger partial charge in [-0.25, -0.2) is 0 Å². The minimum atomic E-state index is -4.92. The Morgan fingerprint density at radius 2 is 1.75 bits per heavy atom. The molecule has 0 aromatic heterocycles. The summed E-state index contributed by atoms with van der Waals surface area (Å²) in [7, 11) is 1.07. The second kappa shape index (κ2) is 10.1. The van der Waals surface area contributed by atoms with Crippen LogP contribution >= 0.6 is 12.4 Å². The molecule has 5 nitrogen and oxygen atoms in total. The molecule has 2 rings (SSSR count). The standard InChI is InChI=1S/C19H20F3N3O2.ClH/c1-25(18(27)19(20,21)22)12-13-6-5-9-15(10-13)24-17(26)11-16(23)14-7-3-2-4-8-14;/h2-10,16H,11-12,23H2,1H3,(H,24,26);1H. The molecule has 0 aliphatic heterocycles. The lowest BCUT2D eigenvalue weighted by Gasteiger charge is -2.19. The van der Waals surface area contributed by atoms with Crippen LogP contribution in [0.4, 0.5) is 18.9 Å². The van der Waals surface area contributed by atoms with Crippen molar-refractivity contribution < 1.29 is 22.8 Å². The van der Waals surface area contributed by atoms with Crippen LogP contribution in [0.2, 0.25) is 0 Å². The fourth-order valence-electron chi connectivity index (χ4n) is 2.54. The first-order valence-electron chi connectivity index (χ1n) is 8.18. The molecule has 0 bridgehead atoms. The molecule has 2 amide bonds. The molecule has 0 aliphatic rings. The summed E-state index contributed by atoms with van der Waals surface area (Å²) in [6.07, 6.45) is -4.87. The minimum Gasteiger partial charge on any atom is -0.334 e. The maximum absolute atomic E-state index is 12.5. The summed E-state index contributed by atoms with van der Waals surface area (Å²) in [5, 5.41) is 2.67.